The normalized spacial score (nSPS) is 14.4. The molecule has 1 fully saturated rings. The van der Waals surface area contributed by atoms with E-state index >= 15 is 0 Å². The molecule has 0 saturated carbocycles. The Hall–Kier alpha value is -3.08. The van der Waals surface area contributed by atoms with Gasteiger partial charge in [0.15, 0.2) is 5.13 Å². The molecule has 2 heterocycles. The van der Waals surface area contributed by atoms with Crippen LogP contribution in [0.1, 0.15) is 16.8 Å². The maximum atomic E-state index is 13.4. The Balaban J connectivity index is 1.58. The Labute approximate surface area is 189 Å². The van der Waals surface area contributed by atoms with Crippen molar-refractivity contribution in [1.29, 1.82) is 0 Å². The number of carbonyl (C=O) groups excluding carboxylic acids is 1. The number of benzene rings is 2. The van der Waals surface area contributed by atoms with Crippen molar-refractivity contribution in [1.82, 2.24) is 9.88 Å². The standard InChI is InChI=1S/C22H24N4O5S/c1-30-18-7-8-19-20(15-18)32-22(23-19)25(10-2-9-24-11-13-31-14-12-24)21(27)16-3-5-17(6-4-16)26(28)29/h3-8,15H,2,9-14H2,1H3. The molecule has 32 heavy (non-hydrogen) atoms. The second kappa shape index (κ2) is 10.0. The van der Waals surface area contributed by atoms with Gasteiger partial charge in [0.1, 0.15) is 5.75 Å². The predicted octanol–water partition coefficient (Wildman–Crippen LogP) is 3.58. The molecule has 1 aliphatic rings. The third kappa shape index (κ3) is 5.04. The van der Waals surface area contributed by atoms with Crippen LogP contribution in [0, 0.1) is 10.1 Å². The van der Waals surface area contributed by atoms with Crippen molar-refractivity contribution in [3.63, 3.8) is 0 Å². The van der Waals surface area contributed by atoms with Gasteiger partial charge < -0.3 is 9.47 Å². The molecule has 168 valence electrons. The van der Waals surface area contributed by atoms with Gasteiger partial charge in [-0.15, -0.1) is 0 Å². The van der Waals surface area contributed by atoms with E-state index in [0.717, 1.165) is 55.2 Å². The largest absolute Gasteiger partial charge is 0.497 e. The van der Waals surface area contributed by atoms with E-state index in [0.29, 0.717) is 17.2 Å². The molecule has 0 radical (unpaired) electrons. The number of aromatic nitrogens is 1. The van der Waals surface area contributed by atoms with Crippen LogP contribution in [0.15, 0.2) is 42.5 Å². The fourth-order valence-electron chi connectivity index (χ4n) is 3.58. The molecule has 0 aliphatic carbocycles. The van der Waals surface area contributed by atoms with Gasteiger partial charge in [-0.3, -0.25) is 24.7 Å². The van der Waals surface area contributed by atoms with E-state index in [1.54, 1.807) is 12.0 Å². The average molecular weight is 457 g/mol. The Bertz CT molecular complexity index is 1100. The van der Waals surface area contributed by atoms with Crippen molar-refractivity contribution in [2.24, 2.45) is 0 Å². The Morgan fingerprint density at radius 3 is 2.69 bits per heavy atom. The molecule has 9 nitrogen and oxygen atoms in total. The smallest absolute Gasteiger partial charge is 0.269 e. The molecule has 0 atom stereocenters. The van der Waals surface area contributed by atoms with E-state index in [-0.39, 0.29) is 11.6 Å². The molecule has 1 aromatic heterocycles. The summed E-state index contributed by atoms with van der Waals surface area (Å²) in [5.74, 6) is 0.501. The second-order valence-corrected chi connectivity index (χ2v) is 8.41. The monoisotopic (exact) mass is 456 g/mol. The number of nitrogens with zero attached hydrogens (tertiary/aromatic N) is 4. The maximum absolute atomic E-state index is 13.4. The zero-order valence-corrected chi connectivity index (χ0v) is 18.5. The van der Waals surface area contributed by atoms with E-state index < -0.39 is 4.92 Å². The minimum atomic E-state index is -0.477. The number of ether oxygens (including phenoxy) is 2. The topological polar surface area (TPSA) is 98.0 Å². The van der Waals surface area contributed by atoms with Gasteiger partial charge in [0.05, 0.1) is 35.5 Å². The number of non-ortho nitro benzene ring substituents is 1. The number of morpholine rings is 1. The van der Waals surface area contributed by atoms with E-state index in [9.17, 15) is 14.9 Å². The van der Waals surface area contributed by atoms with Crippen LogP contribution in [0.25, 0.3) is 10.2 Å². The van der Waals surface area contributed by atoms with Crippen LogP contribution in [-0.4, -0.2) is 67.2 Å². The highest BCUT2D eigenvalue weighted by molar-refractivity contribution is 7.22. The Morgan fingerprint density at radius 2 is 2.00 bits per heavy atom. The van der Waals surface area contributed by atoms with Crippen LogP contribution in [0.4, 0.5) is 10.8 Å². The lowest BCUT2D eigenvalue weighted by atomic mass is 10.2. The number of nitro groups is 1. The number of thiazole rings is 1. The predicted molar refractivity (Wildman–Crippen MR) is 123 cm³/mol. The SMILES string of the molecule is COc1ccc2nc(N(CCCN3CCOCC3)C(=O)c3ccc([N+](=O)[O-])cc3)sc2c1. The lowest BCUT2D eigenvalue weighted by Gasteiger charge is -2.27. The van der Waals surface area contributed by atoms with Gasteiger partial charge >= 0.3 is 0 Å². The molecular formula is C22H24N4O5S. The number of amides is 1. The van der Waals surface area contributed by atoms with Crippen LogP contribution < -0.4 is 9.64 Å². The van der Waals surface area contributed by atoms with Gasteiger partial charge in [0.25, 0.3) is 11.6 Å². The molecule has 1 saturated heterocycles. The summed E-state index contributed by atoms with van der Waals surface area (Å²) in [5, 5.41) is 11.6. The van der Waals surface area contributed by atoms with Crippen LogP contribution in [0.2, 0.25) is 0 Å². The van der Waals surface area contributed by atoms with Crippen LogP contribution in [-0.2, 0) is 4.74 Å². The first-order chi connectivity index (χ1) is 15.5. The van der Waals surface area contributed by atoms with E-state index in [2.05, 4.69) is 9.88 Å². The highest BCUT2D eigenvalue weighted by Gasteiger charge is 2.22. The van der Waals surface area contributed by atoms with E-state index in [1.807, 2.05) is 18.2 Å². The number of hydrogen-bond donors (Lipinski definition) is 0. The summed E-state index contributed by atoms with van der Waals surface area (Å²) in [6, 6.07) is 11.3. The van der Waals surface area contributed by atoms with Crippen LogP contribution in [0.5, 0.6) is 5.75 Å². The Kier molecular flexibility index (Phi) is 6.93. The molecule has 0 spiro atoms. The second-order valence-electron chi connectivity index (χ2n) is 7.40. The molecule has 1 aliphatic heterocycles. The molecular weight excluding hydrogens is 432 g/mol. The van der Waals surface area contributed by atoms with Gasteiger partial charge in [-0.25, -0.2) is 4.98 Å². The van der Waals surface area contributed by atoms with Crippen LogP contribution in [0.3, 0.4) is 0 Å². The van der Waals surface area contributed by atoms with Gasteiger partial charge in [0, 0.05) is 43.9 Å². The van der Waals surface area contributed by atoms with E-state index in [1.165, 1.54) is 35.6 Å². The summed E-state index contributed by atoms with van der Waals surface area (Å²) in [6.07, 6.45) is 0.776. The summed E-state index contributed by atoms with van der Waals surface area (Å²) in [5.41, 5.74) is 1.13. The van der Waals surface area contributed by atoms with Gasteiger partial charge in [-0.1, -0.05) is 11.3 Å². The highest BCUT2D eigenvalue weighted by Crippen LogP contribution is 2.32. The van der Waals surface area contributed by atoms with Gasteiger partial charge in [-0.05, 0) is 36.8 Å². The lowest BCUT2D eigenvalue weighted by molar-refractivity contribution is -0.384. The number of rotatable bonds is 8. The van der Waals surface area contributed by atoms with Crippen molar-refractivity contribution in [3.8, 4) is 5.75 Å². The molecule has 2 aromatic carbocycles. The van der Waals surface area contributed by atoms with E-state index in [4.69, 9.17) is 9.47 Å². The molecule has 1 amide bonds. The van der Waals surface area contributed by atoms with Crippen molar-refractivity contribution >= 4 is 38.3 Å². The van der Waals surface area contributed by atoms with Crippen molar-refractivity contribution in [2.45, 2.75) is 6.42 Å². The molecule has 0 bridgehead atoms. The first-order valence-electron chi connectivity index (χ1n) is 10.4. The maximum Gasteiger partial charge on any atom is 0.269 e. The third-order valence-corrected chi connectivity index (χ3v) is 6.39. The molecule has 10 heteroatoms. The van der Waals surface area contributed by atoms with Crippen LogP contribution >= 0.6 is 11.3 Å². The first kappa shape index (κ1) is 22.1. The Morgan fingerprint density at radius 1 is 1.25 bits per heavy atom. The fraction of sp³-hybridized carbons (Fsp3) is 0.364. The van der Waals surface area contributed by atoms with Gasteiger partial charge in [-0.2, -0.15) is 0 Å². The van der Waals surface area contributed by atoms with Crippen molar-refractivity contribution in [3.05, 3.63) is 58.1 Å². The number of nitro benzene ring substituents is 1. The zero-order valence-electron chi connectivity index (χ0n) is 17.7. The number of fused-ring (bicyclic) bond motifs is 1. The summed E-state index contributed by atoms with van der Waals surface area (Å²) >= 11 is 1.42. The zero-order chi connectivity index (χ0) is 22.5. The number of anilines is 1. The third-order valence-electron chi connectivity index (χ3n) is 5.35. The van der Waals surface area contributed by atoms with Gasteiger partial charge in [0.2, 0.25) is 0 Å². The molecule has 3 aromatic rings. The number of methoxy groups -OCH3 is 1. The first-order valence-corrected chi connectivity index (χ1v) is 11.2. The average Bonchev–Trinajstić information content (AvgIpc) is 3.25. The summed E-state index contributed by atoms with van der Waals surface area (Å²) in [6.45, 7) is 4.57. The lowest BCUT2D eigenvalue weighted by Crippen LogP contribution is -2.39. The quantitative estimate of drug-likeness (QED) is 0.377. The minimum absolute atomic E-state index is 0.0486. The number of hydrogen-bond acceptors (Lipinski definition) is 8. The minimum Gasteiger partial charge on any atom is -0.497 e. The summed E-state index contributed by atoms with van der Waals surface area (Å²) in [7, 11) is 1.61. The molecule has 4 rings (SSSR count). The summed E-state index contributed by atoms with van der Waals surface area (Å²) < 4.78 is 11.6. The summed E-state index contributed by atoms with van der Waals surface area (Å²) in [4.78, 5) is 32.5. The van der Waals surface area contributed by atoms with Crippen molar-refractivity contribution in [2.75, 3.05) is 51.4 Å². The molecule has 0 unspecified atom stereocenters. The van der Waals surface area contributed by atoms with Crippen molar-refractivity contribution < 1.29 is 19.2 Å². The highest BCUT2D eigenvalue weighted by atomic mass is 32.1. The number of carbonyl (C=O) groups is 1. The fourth-order valence-corrected chi connectivity index (χ4v) is 4.60. The molecule has 0 N–H and O–H groups in total.